The van der Waals surface area contributed by atoms with Gasteiger partial charge in [0, 0.05) is 16.5 Å². The van der Waals surface area contributed by atoms with Gasteiger partial charge in [0.15, 0.2) is 0 Å². The summed E-state index contributed by atoms with van der Waals surface area (Å²) in [7, 11) is 0. The van der Waals surface area contributed by atoms with Crippen LogP contribution in [0.2, 0.25) is 10.0 Å². The number of carbonyl (C=O) groups excluding carboxylic acids is 1. The van der Waals surface area contributed by atoms with Crippen LogP contribution in [-0.4, -0.2) is 17.1 Å². The fourth-order valence-electron chi connectivity index (χ4n) is 2.68. The first-order valence-electron chi connectivity index (χ1n) is 8.02. The highest BCUT2D eigenvalue weighted by Gasteiger charge is 2.15. The van der Waals surface area contributed by atoms with Gasteiger partial charge in [-0.2, -0.15) is 0 Å². The number of benzene rings is 2. The molecule has 0 fully saturated rings. The smallest absolute Gasteiger partial charge is 0.234 e. The van der Waals surface area contributed by atoms with E-state index in [-0.39, 0.29) is 18.1 Å². The number of nitrogens with two attached hydrogens (primary N) is 2. The summed E-state index contributed by atoms with van der Waals surface area (Å²) >= 11 is 12.8. The Hall–Kier alpha value is -1.75. The van der Waals surface area contributed by atoms with E-state index in [1.165, 1.54) is 0 Å². The molecule has 0 saturated carbocycles. The van der Waals surface area contributed by atoms with E-state index >= 15 is 0 Å². The highest BCUT2D eigenvalue weighted by atomic mass is 35.5. The van der Waals surface area contributed by atoms with Crippen LogP contribution in [0.3, 0.4) is 0 Å². The molecule has 0 spiro atoms. The fourth-order valence-corrected chi connectivity index (χ4v) is 3.34. The van der Waals surface area contributed by atoms with Gasteiger partial charge < -0.3 is 16.6 Å². The van der Waals surface area contributed by atoms with Gasteiger partial charge in [0.25, 0.3) is 0 Å². The molecule has 25 heavy (non-hydrogen) atoms. The van der Waals surface area contributed by atoms with Crippen molar-refractivity contribution in [3.8, 4) is 5.75 Å². The molecule has 0 bridgehead atoms. The fraction of sp³-hybridized carbons (Fsp3) is 0.316. The first-order chi connectivity index (χ1) is 11.7. The molecule has 1 unspecified atom stereocenters. The summed E-state index contributed by atoms with van der Waals surface area (Å²) in [5.74, 6) is -0.0723. The topological polar surface area (TPSA) is 89.3 Å². The molecule has 0 radical (unpaired) electrons. The molecule has 0 aromatic heterocycles. The van der Waals surface area contributed by atoms with Crippen molar-refractivity contribution in [2.45, 2.75) is 38.6 Å². The Balaban J connectivity index is 2.29. The van der Waals surface area contributed by atoms with Crippen molar-refractivity contribution in [1.82, 2.24) is 0 Å². The molecule has 0 aliphatic heterocycles. The number of aromatic hydroxyl groups is 1. The highest BCUT2D eigenvalue weighted by molar-refractivity contribution is 6.36. The SMILES string of the molecule is CC(C)c1cc(Cc2c(Cl)cc(CC(N)C(N)=O)cc2Cl)ccc1O. The first-order valence-corrected chi connectivity index (χ1v) is 8.78. The average Bonchev–Trinajstić information content (AvgIpc) is 2.52. The number of hydrogen-bond donors (Lipinski definition) is 3. The predicted molar refractivity (Wildman–Crippen MR) is 102 cm³/mol. The Morgan fingerprint density at radius 3 is 2.24 bits per heavy atom. The summed E-state index contributed by atoms with van der Waals surface area (Å²) < 4.78 is 0. The molecule has 2 aromatic rings. The largest absolute Gasteiger partial charge is 0.508 e. The van der Waals surface area contributed by atoms with Crippen molar-refractivity contribution in [3.05, 3.63) is 62.6 Å². The Labute approximate surface area is 157 Å². The number of hydrogen-bond acceptors (Lipinski definition) is 3. The molecule has 2 aromatic carbocycles. The summed E-state index contributed by atoms with van der Waals surface area (Å²) in [5, 5.41) is 11.0. The Morgan fingerprint density at radius 1 is 1.12 bits per heavy atom. The van der Waals surface area contributed by atoms with Gasteiger partial charge in [0.2, 0.25) is 5.91 Å². The van der Waals surface area contributed by atoms with Crippen LogP contribution in [-0.2, 0) is 17.6 Å². The van der Waals surface area contributed by atoms with E-state index in [4.69, 9.17) is 34.7 Å². The van der Waals surface area contributed by atoms with E-state index in [1.807, 2.05) is 26.0 Å². The number of phenolic OH excluding ortho intramolecular Hbond substituents is 1. The third kappa shape index (κ3) is 4.88. The van der Waals surface area contributed by atoms with Gasteiger partial charge in [-0.15, -0.1) is 0 Å². The molecular weight excluding hydrogens is 359 g/mol. The number of carbonyl (C=O) groups is 1. The van der Waals surface area contributed by atoms with Crippen molar-refractivity contribution < 1.29 is 9.90 Å². The van der Waals surface area contributed by atoms with Crippen LogP contribution in [0.5, 0.6) is 5.75 Å². The number of halogens is 2. The number of rotatable bonds is 6. The van der Waals surface area contributed by atoms with Gasteiger partial charge in [-0.3, -0.25) is 4.79 Å². The van der Waals surface area contributed by atoms with Crippen LogP contribution < -0.4 is 11.5 Å². The lowest BCUT2D eigenvalue weighted by Gasteiger charge is -2.14. The van der Waals surface area contributed by atoms with Crippen LogP contribution in [0.25, 0.3) is 0 Å². The molecule has 1 amide bonds. The molecule has 2 rings (SSSR count). The zero-order valence-corrected chi connectivity index (χ0v) is 15.7. The molecule has 0 aliphatic rings. The van der Waals surface area contributed by atoms with Gasteiger partial charge in [-0.05, 0) is 52.8 Å². The summed E-state index contributed by atoms with van der Waals surface area (Å²) in [6, 6.07) is 8.25. The highest BCUT2D eigenvalue weighted by Crippen LogP contribution is 2.32. The number of phenols is 1. The van der Waals surface area contributed by atoms with Crippen LogP contribution in [0.4, 0.5) is 0 Å². The van der Waals surface area contributed by atoms with E-state index in [9.17, 15) is 9.90 Å². The summed E-state index contributed by atoms with van der Waals surface area (Å²) in [6.07, 6.45) is 0.825. The van der Waals surface area contributed by atoms with Crippen LogP contribution in [0, 0.1) is 0 Å². The van der Waals surface area contributed by atoms with E-state index < -0.39 is 11.9 Å². The maximum Gasteiger partial charge on any atom is 0.234 e. The van der Waals surface area contributed by atoms with E-state index in [0.717, 1.165) is 22.3 Å². The first kappa shape index (κ1) is 19.6. The van der Waals surface area contributed by atoms with Gasteiger partial charge >= 0.3 is 0 Å². The molecule has 1 atom stereocenters. The minimum absolute atomic E-state index is 0.212. The third-order valence-electron chi connectivity index (χ3n) is 4.12. The van der Waals surface area contributed by atoms with Crippen molar-refractivity contribution in [2.24, 2.45) is 11.5 Å². The second-order valence-corrected chi connectivity index (χ2v) is 7.29. The number of amides is 1. The lowest BCUT2D eigenvalue weighted by atomic mass is 9.95. The van der Waals surface area contributed by atoms with Crippen molar-refractivity contribution >= 4 is 29.1 Å². The van der Waals surface area contributed by atoms with Gasteiger partial charge in [-0.1, -0.05) is 49.2 Å². The second kappa shape index (κ2) is 8.09. The quantitative estimate of drug-likeness (QED) is 0.712. The van der Waals surface area contributed by atoms with E-state index in [1.54, 1.807) is 18.2 Å². The number of primary amides is 1. The molecule has 0 heterocycles. The zero-order valence-electron chi connectivity index (χ0n) is 14.2. The molecular formula is C19H22Cl2N2O2. The van der Waals surface area contributed by atoms with Gasteiger partial charge in [0.1, 0.15) is 5.75 Å². The summed E-state index contributed by atoms with van der Waals surface area (Å²) in [4.78, 5) is 11.1. The van der Waals surface area contributed by atoms with Gasteiger partial charge in [0.05, 0.1) is 6.04 Å². The van der Waals surface area contributed by atoms with Crippen LogP contribution in [0.15, 0.2) is 30.3 Å². The normalized spacial score (nSPS) is 12.4. The molecule has 5 N–H and O–H groups in total. The van der Waals surface area contributed by atoms with Crippen LogP contribution in [0.1, 0.15) is 42.0 Å². The average molecular weight is 381 g/mol. The molecule has 134 valence electrons. The maximum atomic E-state index is 11.1. The maximum absolute atomic E-state index is 11.1. The molecule has 0 aliphatic carbocycles. The predicted octanol–water partition coefficient (Wildman–Crippen LogP) is 3.77. The van der Waals surface area contributed by atoms with Crippen molar-refractivity contribution in [1.29, 1.82) is 0 Å². The third-order valence-corrected chi connectivity index (χ3v) is 4.79. The Kier molecular flexibility index (Phi) is 6.33. The van der Waals surface area contributed by atoms with Crippen molar-refractivity contribution in [3.63, 3.8) is 0 Å². The van der Waals surface area contributed by atoms with Gasteiger partial charge in [-0.25, -0.2) is 0 Å². The molecule has 4 nitrogen and oxygen atoms in total. The zero-order chi connectivity index (χ0) is 18.7. The lowest BCUT2D eigenvalue weighted by molar-refractivity contribution is -0.119. The summed E-state index contributed by atoms with van der Waals surface area (Å²) in [5.41, 5.74) is 14.3. The van der Waals surface area contributed by atoms with Crippen molar-refractivity contribution in [2.75, 3.05) is 0 Å². The minimum Gasteiger partial charge on any atom is -0.508 e. The standard InChI is InChI=1S/C19H22Cl2N2O2/c1-10(2)13-5-11(3-4-18(13)24)6-14-15(20)7-12(8-16(14)21)9-17(22)19(23)25/h3-5,7-8,10,17,24H,6,9,22H2,1-2H3,(H2,23,25). The Morgan fingerprint density at radius 2 is 1.72 bits per heavy atom. The van der Waals surface area contributed by atoms with Crippen LogP contribution >= 0.6 is 23.2 Å². The Bertz CT molecular complexity index is 768. The molecule has 6 heteroatoms. The summed E-state index contributed by atoms with van der Waals surface area (Å²) in [6.45, 7) is 4.05. The lowest BCUT2D eigenvalue weighted by Crippen LogP contribution is -2.38. The second-order valence-electron chi connectivity index (χ2n) is 6.48. The van der Waals surface area contributed by atoms with E-state index in [0.29, 0.717) is 16.5 Å². The minimum atomic E-state index is -0.774. The monoisotopic (exact) mass is 380 g/mol. The molecule has 0 saturated heterocycles. The van der Waals surface area contributed by atoms with E-state index in [2.05, 4.69) is 0 Å².